The molecular weight excluding hydrogens is 226 g/mol. The van der Waals surface area contributed by atoms with Crippen LogP contribution in [0.25, 0.3) is 0 Å². The van der Waals surface area contributed by atoms with Gasteiger partial charge in [0.15, 0.2) is 0 Å². The zero-order chi connectivity index (χ0) is 12.5. The highest BCUT2D eigenvalue weighted by Gasteiger charge is 2.38. The van der Waals surface area contributed by atoms with Gasteiger partial charge in [-0.25, -0.2) is 4.98 Å². The molecule has 1 heterocycles. The van der Waals surface area contributed by atoms with Crippen molar-refractivity contribution in [3.8, 4) is 6.07 Å². The van der Waals surface area contributed by atoms with Crippen LogP contribution in [0, 0.1) is 23.2 Å². The first-order valence-electron chi connectivity index (χ1n) is 6.79. The quantitative estimate of drug-likeness (QED) is 0.885. The van der Waals surface area contributed by atoms with Crippen molar-refractivity contribution in [1.82, 2.24) is 9.97 Å². The lowest BCUT2D eigenvalue weighted by Crippen LogP contribution is -2.33. The third-order valence-electron chi connectivity index (χ3n) is 4.57. The van der Waals surface area contributed by atoms with E-state index >= 15 is 0 Å². The molecule has 0 atom stereocenters. The number of hydrogen-bond donors (Lipinski definition) is 1. The van der Waals surface area contributed by atoms with Crippen LogP contribution >= 0.6 is 0 Å². The van der Waals surface area contributed by atoms with E-state index in [4.69, 9.17) is 5.26 Å². The number of H-pyrrole nitrogens is 1. The average molecular weight is 243 g/mol. The van der Waals surface area contributed by atoms with Crippen molar-refractivity contribution in [3.05, 3.63) is 27.9 Å². The zero-order valence-corrected chi connectivity index (χ0v) is 10.4. The summed E-state index contributed by atoms with van der Waals surface area (Å²) in [5.74, 6) is 2.60. The highest BCUT2D eigenvalue weighted by molar-refractivity contribution is 5.23. The lowest BCUT2D eigenvalue weighted by Gasteiger charge is -2.41. The van der Waals surface area contributed by atoms with Crippen LogP contribution in [0.15, 0.2) is 11.0 Å². The number of nitriles is 1. The normalized spacial score (nSPS) is 20.2. The van der Waals surface area contributed by atoms with E-state index in [0.717, 1.165) is 5.82 Å². The van der Waals surface area contributed by atoms with Gasteiger partial charge in [0.25, 0.3) is 5.56 Å². The maximum atomic E-state index is 11.7. The van der Waals surface area contributed by atoms with Gasteiger partial charge >= 0.3 is 0 Å². The summed E-state index contributed by atoms with van der Waals surface area (Å²) in [6.07, 6.45) is 9.05. The fraction of sp³-hybridized carbons (Fsp3) is 0.643. The van der Waals surface area contributed by atoms with Crippen molar-refractivity contribution in [1.29, 1.82) is 5.26 Å². The molecule has 2 fully saturated rings. The van der Waals surface area contributed by atoms with Crippen molar-refractivity contribution in [2.75, 3.05) is 0 Å². The topological polar surface area (TPSA) is 69.5 Å². The summed E-state index contributed by atoms with van der Waals surface area (Å²) in [6.45, 7) is 0. The molecular formula is C14H17N3O. The number of nitrogens with one attached hydrogen (secondary N) is 1. The van der Waals surface area contributed by atoms with Gasteiger partial charge in [0.05, 0.1) is 6.20 Å². The molecule has 1 N–H and O–H groups in total. The molecule has 18 heavy (non-hydrogen) atoms. The second-order valence-corrected chi connectivity index (χ2v) is 5.53. The van der Waals surface area contributed by atoms with E-state index in [1.54, 1.807) is 0 Å². The molecule has 2 saturated carbocycles. The maximum Gasteiger partial charge on any atom is 0.268 e. The molecule has 1 aromatic heterocycles. The van der Waals surface area contributed by atoms with Crippen molar-refractivity contribution in [2.24, 2.45) is 11.8 Å². The number of aromatic amines is 1. The Morgan fingerprint density at radius 2 is 1.89 bits per heavy atom. The minimum Gasteiger partial charge on any atom is -0.309 e. The molecule has 94 valence electrons. The smallest absolute Gasteiger partial charge is 0.268 e. The molecule has 4 nitrogen and oxygen atoms in total. The Kier molecular flexibility index (Phi) is 2.91. The van der Waals surface area contributed by atoms with E-state index < -0.39 is 0 Å². The average Bonchev–Trinajstić information content (AvgIpc) is 2.23. The summed E-state index contributed by atoms with van der Waals surface area (Å²) in [6, 6.07) is 1.87. The van der Waals surface area contributed by atoms with Crippen LogP contribution in [0.3, 0.4) is 0 Å². The molecule has 0 aromatic carbocycles. The highest BCUT2D eigenvalue weighted by Crippen LogP contribution is 2.48. The van der Waals surface area contributed by atoms with Gasteiger partial charge in [0.2, 0.25) is 0 Å². The Bertz CT molecular complexity index is 521. The summed E-state index contributed by atoms with van der Waals surface area (Å²) in [5, 5.41) is 8.77. The second kappa shape index (κ2) is 4.56. The van der Waals surface area contributed by atoms with Crippen LogP contribution in [0.2, 0.25) is 0 Å². The third-order valence-corrected chi connectivity index (χ3v) is 4.57. The van der Waals surface area contributed by atoms with Crippen molar-refractivity contribution in [3.63, 3.8) is 0 Å². The molecule has 0 aliphatic heterocycles. The molecule has 0 radical (unpaired) electrons. The van der Waals surface area contributed by atoms with Crippen molar-refractivity contribution >= 4 is 0 Å². The molecule has 0 bridgehead atoms. The van der Waals surface area contributed by atoms with E-state index in [9.17, 15) is 4.79 Å². The molecule has 1 aromatic rings. The highest BCUT2D eigenvalue weighted by atomic mass is 16.1. The molecule has 0 saturated heterocycles. The predicted molar refractivity (Wildman–Crippen MR) is 67.0 cm³/mol. The van der Waals surface area contributed by atoms with Crippen LogP contribution in [0.1, 0.15) is 55.8 Å². The van der Waals surface area contributed by atoms with E-state index in [2.05, 4.69) is 9.97 Å². The number of rotatable bonds is 3. The maximum absolute atomic E-state index is 11.7. The summed E-state index contributed by atoms with van der Waals surface area (Å²) >= 11 is 0. The van der Waals surface area contributed by atoms with E-state index in [1.807, 2.05) is 6.07 Å². The minimum atomic E-state index is -0.286. The van der Waals surface area contributed by atoms with Gasteiger partial charge < -0.3 is 4.98 Å². The van der Waals surface area contributed by atoms with Gasteiger partial charge in [0.1, 0.15) is 17.5 Å². The zero-order valence-electron chi connectivity index (χ0n) is 10.4. The van der Waals surface area contributed by atoms with Gasteiger partial charge in [-0.2, -0.15) is 5.26 Å². The molecule has 0 spiro atoms. The summed E-state index contributed by atoms with van der Waals surface area (Å²) in [5.41, 5.74) is -0.175. The Morgan fingerprint density at radius 1 is 1.28 bits per heavy atom. The molecule has 0 unspecified atom stereocenters. The van der Waals surface area contributed by atoms with Gasteiger partial charge in [-0.3, -0.25) is 4.79 Å². The van der Waals surface area contributed by atoms with Crippen LogP contribution < -0.4 is 5.56 Å². The first-order chi connectivity index (χ1) is 8.79. The summed E-state index contributed by atoms with van der Waals surface area (Å²) in [7, 11) is 0. The summed E-state index contributed by atoms with van der Waals surface area (Å²) < 4.78 is 0. The standard InChI is InChI=1S/C14H17N3O/c15-7-11-8-16-13(17-14(11)18)12(9-3-1-4-9)10-5-2-6-10/h8-10,12H,1-6H2,(H,16,17,18). The van der Waals surface area contributed by atoms with Gasteiger partial charge in [0, 0.05) is 5.92 Å². The van der Waals surface area contributed by atoms with E-state index in [-0.39, 0.29) is 11.1 Å². The lowest BCUT2D eigenvalue weighted by molar-refractivity contribution is 0.143. The second-order valence-electron chi connectivity index (χ2n) is 5.53. The molecule has 3 rings (SSSR count). The Hall–Kier alpha value is -1.63. The summed E-state index contributed by atoms with van der Waals surface area (Å²) in [4.78, 5) is 18.9. The first kappa shape index (κ1) is 11.5. The van der Waals surface area contributed by atoms with Gasteiger partial charge in [-0.05, 0) is 37.5 Å². The Balaban J connectivity index is 1.92. The number of aromatic nitrogens is 2. The molecule has 2 aliphatic rings. The Morgan fingerprint density at radius 3 is 2.28 bits per heavy atom. The van der Waals surface area contributed by atoms with Crippen LogP contribution in [0.5, 0.6) is 0 Å². The van der Waals surface area contributed by atoms with E-state index in [0.29, 0.717) is 17.8 Å². The minimum absolute atomic E-state index is 0.111. The van der Waals surface area contributed by atoms with Crippen LogP contribution in [0.4, 0.5) is 0 Å². The van der Waals surface area contributed by atoms with Crippen molar-refractivity contribution in [2.45, 2.75) is 44.4 Å². The SMILES string of the molecule is N#Cc1cnc(C(C2CCC2)C2CCC2)[nH]c1=O. The lowest BCUT2D eigenvalue weighted by atomic mass is 9.64. The number of nitrogens with zero attached hydrogens (tertiary/aromatic N) is 2. The largest absolute Gasteiger partial charge is 0.309 e. The third kappa shape index (κ3) is 1.84. The Labute approximate surface area is 106 Å². The van der Waals surface area contributed by atoms with Gasteiger partial charge in [-0.15, -0.1) is 0 Å². The first-order valence-corrected chi connectivity index (χ1v) is 6.79. The molecule has 2 aliphatic carbocycles. The predicted octanol–water partition coefficient (Wildman–Crippen LogP) is 2.33. The monoisotopic (exact) mass is 243 g/mol. The molecule has 4 heteroatoms. The fourth-order valence-corrected chi connectivity index (χ4v) is 3.09. The van der Waals surface area contributed by atoms with Crippen LogP contribution in [-0.2, 0) is 0 Å². The van der Waals surface area contributed by atoms with Crippen molar-refractivity contribution < 1.29 is 0 Å². The van der Waals surface area contributed by atoms with E-state index in [1.165, 1.54) is 44.7 Å². The van der Waals surface area contributed by atoms with Gasteiger partial charge in [-0.1, -0.05) is 12.8 Å². The fourth-order valence-electron chi connectivity index (χ4n) is 3.09. The van der Waals surface area contributed by atoms with Crippen LogP contribution in [-0.4, -0.2) is 9.97 Å². The molecule has 0 amide bonds. The number of hydrogen-bond acceptors (Lipinski definition) is 3.